The second-order valence-electron chi connectivity index (χ2n) is 6.54. The maximum atomic E-state index is 12.4. The first-order chi connectivity index (χ1) is 14.6. The van der Waals surface area contributed by atoms with E-state index in [1.54, 1.807) is 19.1 Å². The molecule has 0 radical (unpaired) electrons. The molecule has 0 spiro atoms. The highest BCUT2D eigenvalue weighted by Crippen LogP contribution is 2.42. The lowest BCUT2D eigenvalue weighted by Crippen LogP contribution is -2.26. The van der Waals surface area contributed by atoms with Gasteiger partial charge in [-0.15, -0.1) is 0 Å². The molecular formula is C20H21Br2NO7P+. The number of aromatic hydroxyl groups is 1. The van der Waals surface area contributed by atoms with E-state index in [1.807, 2.05) is 0 Å². The fourth-order valence-electron chi connectivity index (χ4n) is 2.48. The average molecular weight is 578 g/mol. The number of carbonyl (C=O) groups is 2. The summed E-state index contributed by atoms with van der Waals surface area (Å²) in [4.78, 5) is 23.7. The molecule has 2 atom stereocenters. The van der Waals surface area contributed by atoms with Gasteiger partial charge in [0.05, 0.1) is 27.5 Å². The molecule has 0 aliphatic rings. The van der Waals surface area contributed by atoms with Crippen molar-refractivity contribution in [2.45, 2.75) is 25.6 Å². The minimum absolute atomic E-state index is 0.0104. The smallest absolute Gasteiger partial charge is 0.364 e. The largest absolute Gasteiger partial charge is 0.507 e. The summed E-state index contributed by atoms with van der Waals surface area (Å²) in [5.41, 5.74) is 0.389. The second kappa shape index (κ2) is 11.0. The van der Waals surface area contributed by atoms with Crippen LogP contribution in [0.2, 0.25) is 0 Å². The highest BCUT2D eigenvalue weighted by molar-refractivity contribution is 9.11. The van der Waals surface area contributed by atoms with Crippen LogP contribution in [-0.2, 0) is 19.4 Å². The summed E-state index contributed by atoms with van der Waals surface area (Å²) in [7, 11) is -0.962. The van der Waals surface area contributed by atoms with Crippen LogP contribution >= 0.6 is 40.3 Å². The van der Waals surface area contributed by atoms with E-state index in [0.717, 1.165) is 0 Å². The quantitative estimate of drug-likeness (QED) is 0.294. The molecule has 8 nitrogen and oxygen atoms in total. The van der Waals surface area contributed by atoms with Gasteiger partial charge < -0.3 is 25.0 Å². The molecule has 0 bridgehead atoms. The van der Waals surface area contributed by atoms with E-state index in [4.69, 9.17) is 9.47 Å². The van der Waals surface area contributed by atoms with E-state index in [2.05, 4.69) is 37.2 Å². The summed E-state index contributed by atoms with van der Waals surface area (Å²) in [5.74, 6) is -0.637. The van der Waals surface area contributed by atoms with Crippen molar-refractivity contribution in [1.29, 1.82) is 0 Å². The van der Waals surface area contributed by atoms with Crippen molar-refractivity contribution in [2.75, 3.05) is 13.2 Å². The van der Waals surface area contributed by atoms with Crippen LogP contribution in [0.1, 0.15) is 36.2 Å². The molecule has 3 N–H and O–H groups in total. The number of hydrogen-bond donors (Lipinski definition) is 3. The lowest BCUT2D eigenvalue weighted by Gasteiger charge is -2.15. The minimum atomic E-state index is -1.52. The molecule has 11 heteroatoms. The fraction of sp³-hybridized carbons (Fsp3) is 0.300. The normalized spacial score (nSPS) is 12.8. The van der Waals surface area contributed by atoms with E-state index in [0.29, 0.717) is 20.3 Å². The highest BCUT2D eigenvalue weighted by atomic mass is 79.9. The van der Waals surface area contributed by atoms with Crippen LogP contribution in [0.15, 0.2) is 39.3 Å². The van der Waals surface area contributed by atoms with E-state index < -0.39 is 25.7 Å². The van der Waals surface area contributed by atoms with Gasteiger partial charge in [0, 0.05) is 19.0 Å². The Bertz CT molecular complexity index is 974. The Kier molecular flexibility index (Phi) is 9.00. The van der Waals surface area contributed by atoms with Crippen LogP contribution in [0.3, 0.4) is 0 Å². The Hall–Kier alpha value is -2.00. The van der Waals surface area contributed by atoms with Gasteiger partial charge in [0.1, 0.15) is 11.5 Å². The van der Waals surface area contributed by atoms with Gasteiger partial charge in [-0.2, -0.15) is 0 Å². The zero-order chi connectivity index (χ0) is 23.2. The predicted molar refractivity (Wildman–Crippen MR) is 122 cm³/mol. The van der Waals surface area contributed by atoms with E-state index >= 15 is 0 Å². The number of phenolic OH excluding ortho intramolecular Hbond substituents is 1. The number of aliphatic hydroxyl groups is 1. The van der Waals surface area contributed by atoms with Crippen LogP contribution in [0, 0.1) is 0 Å². The molecule has 0 aliphatic heterocycles. The fourth-order valence-corrected chi connectivity index (χ4v) is 4.09. The molecule has 1 amide bonds. The van der Waals surface area contributed by atoms with E-state index in [1.165, 1.54) is 25.1 Å². The third kappa shape index (κ3) is 6.74. The average Bonchev–Trinajstić information content (AvgIpc) is 2.71. The molecule has 0 heterocycles. The van der Waals surface area contributed by atoms with Crippen LogP contribution in [-0.4, -0.2) is 35.2 Å². The molecule has 0 aliphatic carbocycles. The highest BCUT2D eigenvalue weighted by Gasteiger charge is 2.33. The lowest BCUT2D eigenvalue weighted by atomic mass is 10.1. The van der Waals surface area contributed by atoms with Gasteiger partial charge >= 0.3 is 14.4 Å². The molecule has 2 aromatic rings. The Morgan fingerprint density at radius 2 is 1.84 bits per heavy atom. The number of esters is 1. The van der Waals surface area contributed by atoms with Crippen molar-refractivity contribution in [3.63, 3.8) is 0 Å². The molecule has 2 rings (SSSR count). The van der Waals surface area contributed by atoms with Gasteiger partial charge in [-0.1, -0.05) is 4.57 Å². The number of phenols is 1. The summed E-state index contributed by atoms with van der Waals surface area (Å²) < 4.78 is 22.9. The maximum Gasteiger partial charge on any atom is 0.364 e. The van der Waals surface area contributed by atoms with Crippen molar-refractivity contribution in [3.8, 4) is 17.2 Å². The number of ether oxygens (including phenoxy) is 2. The summed E-state index contributed by atoms with van der Waals surface area (Å²) >= 11 is 6.72. The Balaban J connectivity index is 2.19. The first kappa shape index (κ1) is 25.3. The summed E-state index contributed by atoms with van der Waals surface area (Å²) in [6.07, 6.45) is 0.0104. The molecule has 166 valence electrons. The first-order valence-corrected chi connectivity index (χ1v) is 11.6. The van der Waals surface area contributed by atoms with Crippen LogP contribution in [0.25, 0.3) is 0 Å². The van der Waals surface area contributed by atoms with Crippen molar-refractivity contribution < 1.29 is 33.8 Å². The summed E-state index contributed by atoms with van der Waals surface area (Å²) in [6.45, 7) is 3.44. The van der Waals surface area contributed by atoms with Crippen molar-refractivity contribution in [2.24, 2.45) is 0 Å². The standard InChI is InChI=1S/C20H20Br2NO7P/c1-3-29-17(25)6-7-23-19(26)13-10-12(4-5-16(13)24)30-18-14(21)8-11(9-15(18)22)20(2,27)31-28/h4-5,8-10,24,27H,3,6-7H2,1-2H3,(H,23,26)/p+1. The van der Waals surface area contributed by atoms with Crippen molar-refractivity contribution in [1.82, 2.24) is 5.32 Å². The molecule has 0 saturated carbocycles. The lowest BCUT2D eigenvalue weighted by molar-refractivity contribution is -0.142. The van der Waals surface area contributed by atoms with E-state index in [-0.39, 0.29) is 36.6 Å². The third-order valence-electron chi connectivity index (χ3n) is 4.11. The zero-order valence-corrected chi connectivity index (χ0v) is 20.9. The van der Waals surface area contributed by atoms with Gasteiger partial charge in [0.15, 0.2) is 5.75 Å². The number of carbonyl (C=O) groups excluding carboxylic acids is 2. The SMILES string of the molecule is CCOC(=O)CCNC(=O)c1cc(Oc2c(Br)cc(C(C)(O)[PH+]=O)cc2Br)ccc1O. The second-order valence-corrected chi connectivity index (χ2v) is 9.42. The van der Waals surface area contributed by atoms with Gasteiger partial charge in [-0.3, -0.25) is 9.59 Å². The monoisotopic (exact) mass is 576 g/mol. The minimum Gasteiger partial charge on any atom is -0.507 e. The maximum absolute atomic E-state index is 12.4. The predicted octanol–water partition coefficient (Wildman–Crippen LogP) is 4.58. The van der Waals surface area contributed by atoms with E-state index in [9.17, 15) is 24.4 Å². The van der Waals surface area contributed by atoms with Crippen LogP contribution in [0.4, 0.5) is 0 Å². The Labute approximate surface area is 197 Å². The molecule has 0 fully saturated rings. The van der Waals surface area contributed by atoms with Crippen molar-refractivity contribution >= 4 is 52.2 Å². The number of halogens is 2. The topological polar surface area (TPSA) is 122 Å². The van der Waals surface area contributed by atoms with Gasteiger partial charge in [-0.25, -0.2) is 0 Å². The molecule has 31 heavy (non-hydrogen) atoms. The number of amides is 1. The molecule has 0 aromatic heterocycles. The molecule has 2 aromatic carbocycles. The zero-order valence-electron chi connectivity index (χ0n) is 16.7. The number of nitrogens with one attached hydrogen (secondary N) is 1. The number of benzene rings is 2. The first-order valence-electron chi connectivity index (χ1n) is 9.15. The number of rotatable bonds is 9. The Morgan fingerprint density at radius 1 is 1.19 bits per heavy atom. The molecule has 2 unspecified atom stereocenters. The van der Waals surface area contributed by atoms with Gasteiger partial charge in [0.25, 0.3) is 11.2 Å². The number of hydrogen-bond acceptors (Lipinski definition) is 7. The Morgan fingerprint density at radius 3 is 2.42 bits per heavy atom. The van der Waals surface area contributed by atoms with Crippen molar-refractivity contribution in [3.05, 3.63) is 50.4 Å². The molecular weight excluding hydrogens is 557 g/mol. The molecule has 0 saturated heterocycles. The summed E-state index contributed by atoms with van der Waals surface area (Å²) in [6, 6.07) is 7.31. The third-order valence-corrected chi connectivity index (χ3v) is 5.98. The summed E-state index contributed by atoms with van der Waals surface area (Å²) in [5, 5.41) is 21.3. The van der Waals surface area contributed by atoms with Gasteiger partial charge in [-0.05, 0) is 69.1 Å². The van der Waals surface area contributed by atoms with Gasteiger partial charge in [0.2, 0.25) is 0 Å². The van der Waals surface area contributed by atoms with Crippen LogP contribution in [0.5, 0.6) is 17.2 Å². The van der Waals surface area contributed by atoms with Crippen LogP contribution < -0.4 is 10.1 Å².